The molecule has 0 saturated heterocycles. The van der Waals surface area contributed by atoms with E-state index in [-0.39, 0.29) is 11.6 Å². The van der Waals surface area contributed by atoms with Gasteiger partial charge in [-0.3, -0.25) is 0 Å². The Morgan fingerprint density at radius 1 is 1.13 bits per heavy atom. The second-order valence-electron chi connectivity index (χ2n) is 5.73. The first kappa shape index (κ1) is 9.44. The van der Waals surface area contributed by atoms with Crippen LogP contribution in [0.25, 0.3) is 0 Å². The lowest BCUT2D eigenvalue weighted by Crippen LogP contribution is -2.52. The van der Waals surface area contributed by atoms with Gasteiger partial charge in [-0.15, -0.1) is 0 Å². The van der Waals surface area contributed by atoms with Crippen molar-refractivity contribution in [3.05, 3.63) is 12.7 Å². The lowest BCUT2D eigenvalue weighted by Gasteiger charge is -2.55. The maximum Gasteiger partial charge on any atom is 0.330 e. The van der Waals surface area contributed by atoms with Gasteiger partial charge in [-0.05, 0) is 56.3 Å². The molecule has 0 N–H and O–H groups in total. The fourth-order valence-corrected chi connectivity index (χ4v) is 4.41. The molecular weight excluding hydrogens is 188 g/mol. The fourth-order valence-electron chi connectivity index (χ4n) is 4.41. The largest absolute Gasteiger partial charge is 0.456 e. The van der Waals surface area contributed by atoms with Crippen LogP contribution in [-0.4, -0.2) is 11.6 Å². The zero-order valence-corrected chi connectivity index (χ0v) is 9.08. The Hall–Kier alpha value is -0.790. The van der Waals surface area contributed by atoms with E-state index in [4.69, 9.17) is 4.74 Å². The third kappa shape index (κ3) is 1.51. The van der Waals surface area contributed by atoms with Crippen LogP contribution in [0.2, 0.25) is 0 Å². The van der Waals surface area contributed by atoms with Gasteiger partial charge in [0.2, 0.25) is 0 Å². The van der Waals surface area contributed by atoms with Crippen LogP contribution >= 0.6 is 0 Å². The van der Waals surface area contributed by atoms with Gasteiger partial charge >= 0.3 is 5.97 Å². The molecule has 0 aromatic rings. The molecule has 4 saturated carbocycles. The van der Waals surface area contributed by atoms with Crippen LogP contribution in [-0.2, 0) is 9.53 Å². The van der Waals surface area contributed by atoms with Crippen LogP contribution in [0.15, 0.2) is 12.7 Å². The van der Waals surface area contributed by atoms with E-state index < -0.39 is 0 Å². The zero-order valence-electron chi connectivity index (χ0n) is 9.08. The molecule has 0 spiro atoms. The van der Waals surface area contributed by atoms with Crippen LogP contribution < -0.4 is 0 Å². The first-order valence-electron chi connectivity index (χ1n) is 6.04. The van der Waals surface area contributed by atoms with Gasteiger partial charge in [0.15, 0.2) is 0 Å². The number of ether oxygens (including phenoxy) is 1. The highest BCUT2D eigenvalue weighted by Gasteiger charge is 2.52. The van der Waals surface area contributed by atoms with E-state index in [1.54, 1.807) is 0 Å². The smallest absolute Gasteiger partial charge is 0.330 e. The molecule has 4 fully saturated rings. The zero-order chi connectivity index (χ0) is 10.5. The molecule has 2 nitrogen and oxygen atoms in total. The summed E-state index contributed by atoms with van der Waals surface area (Å²) in [5.74, 6) is 2.26. The summed E-state index contributed by atoms with van der Waals surface area (Å²) >= 11 is 0. The van der Waals surface area contributed by atoms with Gasteiger partial charge in [0, 0.05) is 6.08 Å². The lowest BCUT2D eigenvalue weighted by atomic mass is 9.54. The second kappa shape index (κ2) is 3.10. The third-order valence-corrected chi connectivity index (χ3v) is 4.47. The monoisotopic (exact) mass is 206 g/mol. The molecular formula is C13H18O2. The molecule has 2 heteroatoms. The second-order valence-corrected chi connectivity index (χ2v) is 5.73. The Bertz CT molecular complexity index is 270. The Labute approximate surface area is 90.7 Å². The van der Waals surface area contributed by atoms with E-state index in [1.165, 1.54) is 25.3 Å². The fraction of sp³-hybridized carbons (Fsp3) is 0.769. The van der Waals surface area contributed by atoms with Gasteiger partial charge in [0.25, 0.3) is 0 Å². The quantitative estimate of drug-likeness (QED) is 0.513. The summed E-state index contributed by atoms with van der Waals surface area (Å²) in [5, 5.41) is 0. The van der Waals surface area contributed by atoms with Crippen molar-refractivity contribution >= 4 is 5.97 Å². The Balaban J connectivity index is 1.80. The van der Waals surface area contributed by atoms with Gasteiger partial charge in [-0.2, -0.15) is 0 Å². The summed E-state index contributed by atoms with van der Waals surface area (Å²) in [7, 11) is 0. The minimum atomic E-state index is -0.225. The Morgan fingerprint density at radius 3 is 2.00 bits per heavy atom. The predicted molar refractivity (Wildman–Crippen MR) is 57.2 cm³/mol. The molecule has 0 aliphatic heterocycles. The van der Waals surface area contributed by atoms with Crippen LogP contribution in [0.4, 0.5) is 0 Å². The minimum Gasteiger partial charge on any atom is -0.456 e. The van der Waals surface area contributed by atoms with Gasteiger partial charge in [-0.25, -0.2) is 4.79 Å². The molecule has 0 atom stereocenters. The van der Waals surface area contributed by atoms with Crippen LogP contribution in [0.1, 0.15) is 38.5 Å². The maximum absolute atomic E-state index is 11.4. The first-order valence-corrected chi connectivity index (χ1v) is 6.04. The molecule has 0 radical (unpaired) electrons. The van der Waals surface area contributed by atoms with E-state index in [2.05, 4.69) is 6.58 Å². The maximum atomic E-state index is 11.4. The van der Waals surface area contributed by atoms with Crippen molar-refractivity contribution in [2.24, 2.45) is 17.8 Å². The lowest BCUT2D eigenvalue weighted by molar-refractivity contribution is -0.181. The standard InChI is InChI=1S/C13H18O2/c1-2-12(14)15-13-6-9-3-10(7-13)5-11(4-9)8-13/h2,9-11H,1,3-8H2. The highest BCUT2D eigenvalue weighted by Crippen LogP contribution is 2.57. The third-order valence-electron chi connectivity index (χ3n) is 4.47. The SMILES string of the molecule is C=CC(=O)OC12CC3CC(CC(C3)C1)C2. The molecule has 4 aliphatic rings. The van der Waals surface area contributed by atoms with Gasteiger partial charge < -0.3 is 4.74 Å². The molecule has 82 valence electrons. The molecule has 0 aromatic heterocycles. The van der Waals surface area contributed by atoms with Crippen molar-refractivity contribution in [3.8, 4) is 0 Å². The first-order chi connectivity index (χ1) is 7.19. The summed E-state index contributed by atoms with van der Waals surface area (Å²) in [5.41, 5.74) is -0.0972. The summed E-state index contributed by atoms with van der Waals surface area (Å²) < 4.78 is 5.64. The van der Waals surface area contributed by atoms with Crippen molar-refractivity contribution in [1.29, 1.82) is 0 Å². The summed E-state index contributed by atoms with van der Waals surface area (Å²) in [4.78, 5) is 11.4. The minimum absolute atomic E-state index is 0.0972. The topological polar surface area (TPSA) is 26.3 Å². The number of carbonyl (C=O) groups is 1. The van der Waals surface area contributed by atoms with E-state index in [1.807, 2.05) is 0 Å². The molecule has 15 heavy (non-hydrogen) atoms. The number of esters is 1. The Kier molecular flexibility index (Phi) is 1.95. The average molecular weight is 206 g/mol. The van der Waals surface area contributed by atoms with E-state index in [0.29, 0.717) is 0 Å². The van der Waals surface area contributed by atoms with Crippen molar-refractivity contribution in [3.63, 3.8) is 0 Å². The highest BCUT2D eigenvalue weighted by molar-refractivity contribution is 5.81. The van der Waals surface area contributed by atoms with Crippen LogP contribution in [0, 0.1) is 17.8 Å². The summed E-state index contributed by atoms with van der Waals surface area (Å²) in [6.07, 6.45) is 8.77. The van der Waals surface area contributed by atoms with Crippen molar-refractivity contribution in [2.45, 2.75) is 44.1 Å². The number of hydrogen-bond acceptors (Lipinski definition) is 2. The number of rotatable bonds is 2. The van der Waals surface area contributed by atoms with E-state index >= 15 is 0 Å². The van der Waals surface area contributed by atoms with Gasteiger partial charge in [0.05, 0.1) is 0 Å². The van der Waals surface area contributed by atoms with Gasteiger partial charge in [-0.1, -0.05) is 6.58 Å². The van der Waals surface area contributed by atoms with Crippen molar-refractivity contribution in [2.75, 3.05) is 0 Å². The molecule has 4 bridgehead atoms. The number of hydrogen-bond donors (Lipinski definition) is 0. The predicted octanol–water partition coefficient (Wildman–Crippen LogP) is 2.68. The van der Waals surface area contributed by atoms with Crippen molar-refractivity contribution in [1.82, 2.24) is 0 Å². The summed E-state index contributed by atoms with van der Waals surface area (Å²) in [6, 6.07) is 0. The van der Waals surface area contributed by atoms with Crippen LogP contribution in [0.5, 0.6) is 0 Å². The molecule has 0 amide bonds. The number of carbonyl (C=O) groups excluding carboxylic acids is 1. The van der Waals surface area contributed by atoms with Crippen molar-refractivity contribution < 1.29 is 9.53 Å². The average Bonchev–Trinajstić information content (AvgIpc) is 2.14. The molecule has 0 heterocycles. The van der Waals surface area contributed by atoms with E-state index in [0.717, 1.165) is 37.0 Å². The van der Waals surface area contributed by atoms with Gasteiger partial charge in [0.1, 0.15) is 5.60 Å². The molecule has 0 aromatic carbocycles. The van der Waals surface area contributed by atoms with Crippen LogP contribution in [0.3, 0.4) is 0 Å². The molecule has 4 aliphatic carbocycles. The Morgan fingerprint density at radius 2 is 1.60 bits per heavy atom. The normalized spacial score (nSPS) is 46.5. The molecule has 4 rings (SSSR count). The van der Waals surface area contributed by atoms with E-state index in [9.17, 15) is 4.79 Å². The molecule has 0 unspecified atom stereocenters. The summed E-state index contributed by atoms with van der Waals surface area (Å²) in [6.45, 7) is 3.48. The highest BCUT2D eigenvalue weighted by atomic mass is 16.6.